The molecule has 0 aliphatic rings. The van der Waals surface area contributed by atoms with Gasteiger partial charge in [0.15, 0.2) is 0 Å². The van der Waals surface area contributed by atoms with Crippen molar-refractivity contribution in [1.29, 1.82) is 0 Å². The number of H-pyrrole nitrogens is 2. The summed E-state index contributed by atoms with van der Waals surface area (Å²) in [6.07, 6.45) is 1.53. The van der Waals surface area contributed by atoms with Crippen molar-refractivity contribution in [2.75, 3.05) is 0 Å². The van der Waals surface area contributed by atoms with Crippen LogP contribution in [0.1, 0.15) is 0 Å². The molecule has 5 nitrogen and oxygen atoms in total. The third-order valence-corrected chi connectivity index (χ3v) is 2.63. The molecular weight excluding hydrogens is 218 g/mol. The Morgan fingerprint density at radius 1 is 1.00 bits per heavy atom. The second-order valence-electron chi connectivity index (χ2n) is 3.68. The van der Waals surface area contributed by atoms with Gasteiger partial charge in [-0.05, 0) is 5.56 Å². The highest BCUT2D eigenvalue weighted by molar-refractivity contribution is 5.76. The molecule has 0 bridgehead atoms. The highest BCUT2D eigenvalue weighted by atomic mass is 16.1. The lowest BCUT2D eigenvalue weighted by Crippen LogP contribution is -2.14. The Labute approximate surface area is 95.3 Å². The maximum atomic E-state index is 11.9. The lowest BCUT2D eigenvalue weighted by molar-refractivity contribution is 0.883. The van der Waals surface area contributed by atoms with Gasteiger partial charge in [0.25, 0.3) is 11.1 Å². The molecule has 3 aromatic rings. The first-order valence-electron chi connectivity index (χ1n) is 5.15. The van der Waals surface area contributed by atoms with Crippen LogP contribution >= 0.6 is 0 Å². The van der Waals surface area contributed by atoms with Crippen LogP contribution in [0.3, 0.4) is 0 Å². The van der Waals surface area contributed by atoms with Crippen molar-refractivity contribution < 1.29 is 0 Å². The third-order valence-electron chi connectivity index (χ3n) is 2.63. The zero-order valence-corrected chi connectivity index (χ0v) is 8.81. The van der Waals surface area contributed by atoms with Crippen molar-refractivity contribution in [3.05, 3.63) is 63.3 Å². The molecule has 2 heterocycles. The minimum absolute atomic E-state index is 0.266. The van der Waals surface area contributed by atoms with Crippen molar-refractivity contribution in [2.45, 2.75) is 0 Å². The van der Waals surface area contributed by atoms with E-state index in [9.17, 15) is 9.59 Å². The van der Waals surface area contributed by atoms with Gasteiger partial charge in [-0.3, -0.25) is 14.7 Å². The smallest absolute Gasteiger partial charge is 0.274 e. The van der Waals surface area contributed by atoms with Gasteiger partial charge in [-0.2, -0.15) is 4.52 Å². The van der Waals surface area contributed by atoms with E-state index >= 15 is 0 Å². The van der Waals surface area contributed by atoms with Gasteiger partial charge in [-0.15, -0.1) is 0 Å². The molecule has 1 aromatic carbocycles. The molecule has 2 N–H and O–H groups in total. The van der Waals surface area contributed by atoms with Gasteiger partial charge < -0.3 is 4.98 Å². The predicted octanol–water partition coefficient (Wildman–Crippen LogP) is 0.983. The molecule has 0 aliphatic heterocycles. The van der Waals surface area contributed by atoms with E-state index in [1.54, 1.807) is 0 Å². The van der Waals surface area contributed by atoms with Crippen molar-refractivity contribution in [1.82, 2.24) is 14.6 Å². The topological polar surface area (TPSA) is 70.1 Å². The summed E-state index contributed by atoms with van der Waals surface area (Å²) in [4.78, 5) is 26.3. The summed E-state index contributed by atoms with van der Waals surface area (Å²) in [5.41, 5.74) is 1.18. The zero-order valence-electron chi connectivity index (χ0n) is 8.81. The van der Waals surface area contributed by atoms with Crippen molar-refractivity contribution in [3.8, 4) is 11.1 Å². The van der Waals surface area contributed by atoms with Gasteiger partial charge in [0.1, 0.15) is 5.65 Å². The van der Waals surface area contributed by atoms with Crippen LogP contribution in [-0.2, 0) is 0 Å². The third kappa shape index (κ3) is 1.40. The Morgan fingerprint density at radius 2 is 1.76 bits per heavy atom. The summed E-state index contributed by atoms with van der Waals surface area (Å²) in [6, 6.07) is 10.6. The average Bonchev–Trinajstić information content (AvgIpc) is 2.68. The van der Waals surface area contributed by atoms with Gasteiger partial charge in [-0.25, -0.2) is 0 Å². The highest BCUT2D eigenvalue weighted by Crippen LogP contribution is 2.17. The number of hydrogen-bond donors (Lipinski definition) is 2. The van der Waals surface area contributed by atoms with E-state index in [2.05, 4.69) is 10.1 Å². The molecule has 17 heavy (non-hydrogen) atoms. The lowest BCUT2D eigenvalue weighted by Gasteiger charge is -1.97. The number of aromatic amines is 2. The van der Waals surface area contributed by atoms with E-state index in [4.69, 9.17) is 0 Å². The summed E-state index contributed by atoms with van der Waals surface area (Å²) >= 11 is 0. The molecule has 5 heteroatoms. The first-order chi connectivity index (χ1) is 8.27. The Bertz CT molecular complexity index is 781. The van der Waals surface area contributed by atoms with Crippen LogP contribution in [0.15, 0.2) is 52.2 Å². The number of hydrogen-bond acceptors (Lipinski definition) is 2. The summed E-state index contributed by atoms with van der Waals surface area (Å²) in [6.45, 7) is 0. The maximum Gasteiger partial charge on any atom is 0.274 e. The van der Waals surface area contributed by atoms with Gasteiger partial charge in [-0.1, -0.05) is 30.3 Å². The van der Waals surface area contributed by atoms with Crippen LogP contribution in [0.25, 0.3) is 16.8 Å². The highest BCUT2D eigenvalue weighted by Gasteiger charge is 2.12. The fourth-order valence-corrected chi connectivity index (χ4v) is 1.87. The van der Waals surface area contributed by atoms with Crippen molar-refractivity contribution >= 4 is 5.65 Å². The van der Waals surface area contributed by atoms with E-state index in [1.807, 2.05) is 30.3 Å². The molecule has 0 unspecified atom stereocenters. The number of nitrogens with one attached hydrogen (secondary N) is 2. The van der Waals surface area contributed by atoms with E-state index in [1.165, 1.54) is 16.8 Å². The monoisotopic (exact) mass is 227 g/mol. The van der Waals surface area contributed by atoms with Crippen molar-refractivity contribution in [2.24, 2.45) is 0 Å². The number of fused-ring (bicyclic) bond motifs is 1. The van der Waals surface area contributed by atoms with Gasteiger partial charge in [0.05, 0.1) is 5.56 Å². The van der Waals surface area contributed by atoms with Gasteiger partial charge >= 0.3 is 0 Å². The fraction of sp³-hybridized carbons (Fsp3) is 0. The summed E-state index contributed by atoms with van der Waals surface area (Å²) < 4.78 is 1.21. The van der Waals surface area contributed by atoms with Crippen LogP contribution in [0.5, 0.6) is 0 Å². The number of nitrogens with zero attached hydrogens (tertiary/aromatic N) is 1. The Hall–Kier alpha value is -2.56. The molecule has 2 aromatic heterocycles. The Balaban J connectivity index is 2.46. The predicted molar refractivity (Wildman–Crippen MR) is 64.1 cm³/mol. The standard InChI is InChI=1S/C12H9N3O2/c16-9-6-7-13-11-10(12(17)14-15(9)11)8-4-2-1-3-5-8/h1-7,13H,(H,14,17). The first kappa shape index (κ1) is 9.65. The minimum atomic E-state index is -0.282. The van der Waals surface area contributed by atoms with E-state index in [-0.39, 0.29) is 11.1 Å². The molecule has 0 saturated heterocycles. The molecule has 3 rings (SSSR count). The average molecular weight is 227 g/mol. The number of benzene rings is 1. The summed E-state index contributed by atoms with van der Waals surface area (Å²) in [7, 11) is 0. The molecule has 0 amide bonds. The molecule has 0 fully saturated rings. The second-order valence-corrected chi connectivity index (χ2v) is 3.68. The van der Waals surface area contributed by atoms with E-state index < -0.39 is 0 Å². The molecule has 0 aliphatic carbocycles. The quantitative estimate of drug-likeness (QED) is 0.650. The van der Waals surface area contributed by atoms with Crippen LogP contribution in [0, 0.1) is 0 Å². The normalized spacial score (nSPS) is 10.8. The second kappa shape index (κ2) is 3.48. The van der Waals surface area contributed by atoms with E-state index in [0.29, 0.717) is 11.2 Å². The van der Waals surface area contributed by atoms with E-state index in [0.717, 1.165) is 5.56 Å². The van der Waals surface area contributed by atoms with Gasteiger partial charge in [0, 0.05) is 12.3 Å². The number of aromatic nitrogens is 3. The molecule has 0 saturated carbocycles. The lowest BCUT2D eigenvalue weighted by atomic mass is 10.1. The molecule has 84 valence electrons. The largest absolute Gasteiger partial charge is 0.346 e. The minimum Gasteiger partial charge on any atom is -0.346 e. The van der Waals surface area contributed by atoms with Crippen LogP contribution in [0.4, 0.5) is 0 Å². The maximum absolute atomic E-state index is 11.9. The van der Waals surface area contributed by atoms with Crippen LogP contribution in [-0.4, -0.2) is 14.6 Å². The van der Waals surface area contributed by atoms with Crippen molar-refractivity contribution in [3.63, 3.8) is 0 Å². The molecular formula is C12H9N3O2. The van der Waals surface area contributed by atoms with Gasteiger partial charge in [0.2, 0.25) is 0 Å². The SMILES string of the molecule is O=c1[nH]n2c(=O)cc[nH]c2c1-c1ccccc1. The number of rotatable bonds is 1. The van der Waals surface area contributed by atoms with Crippen LogP contribution in [0.2, 0.25) is 0 Å². The fourth-order valence-electron chi connectivity index (χ4n) is 1.87. The zero-order chi connectivity index (χ0) is 11.8. The van der Waals surface area contributed by atoms with Crippen LogP contribution < -0.4 is 11.1 Å². The summed E-state index contributed by atoms with van der Waals surface area (Å²) in [5.74, 6) is 0. The Kier molecular flexibility index (Phi) is 1.98. The first-order valence-corrected chi connectivity index (χ1v) is 5.15. The Morgan fingerprint density at radius 3 is 2.53 bits per heavy atom. The molecule has 0 atom stereocenters. The summed E-state index contributed by atoms with van der Waals surface area (Å²) in [5, 5.41) is 2.51. The molecule has 0 spiro atoms. The molecule has 0 radical (unpaired) electrons.